The fourth-order valence-corrected chi connectivity index (χ4v) is 4.53. The molecule has 1 radical (unpaired) electrons. The van der Waals surface area contributed by atoms with Crippen LogP contribution in [0.5, 0.6) is 0 Å². The van der Waals surface area contributed by atoms with Crippen molar-refractivity contribution in [1.82, 2.24) is 4.98 Å². The first-order chi connectivity index (χ1) is 6.82. The molecule has 1 aliphatic rings. The summed E-state index contributed by atoms with van der Waals surface area (Å²) in [5.74, 6) is 0. The maximum atomic E-state index is 10.5. The first kappa shape index (κ1) is 11.3. The second-order valence-electron chi connectivity index (χ2n) is 5.35. The minimum atomic E-state index is -1.73. The molecule has 0 spiro atoms. The van der Waals surface area contributed by atoms with E-state index in [0.717, 1.165) is 17.8 Å². The Morgan fingerprint density at radius 2 is 2.07 bits per heavy atom. The minimum absolute atomic E-state index is 0.839. The second kappa shape index (κ2) is 3.40. The average Bonchev–Trinajstić information content (AvgIpc) is 2.57. The third kappa shape index (κ3) is 1.79. The van der Waals surface area contributed by atoms with Crippen molar-refractivity contribution in [3.63, 3.8) is 0 Å². The molecule has 0 fully saturated rings. The number of hydrogen-bond acceptors (Lipinski definition) is 3. The molecule has 15 heavy (non-hydrogen) atoms. The lowest BCUT2D eigenvalue weighted by Crippen LogP contribution is -2.47. The van der Waals surface area contributed by atoms with Gasteiger partial charge in [-0.3, -0.25) is 0 Å². The predicted molar refractivity (Wildman–Crippen MR) is 66.7 cm³/mol. The highest BCUT2D eigenvalue weighted by Crippen LogP contribution is 2.37. The van der Waals surface area contributed by atoms with Gasteiger partial charge in [-0.1, -0.05) is 19.6 Å². The predicted octanol–water partition coefficient (Wildman–Crippen LogP) is 2.53. The third-order valence-corrected chi connectivity index (χ3v) is 7.40. The highest BCUT2D eigenvalue weighted by Gasteiger charge is 2.42. The maximum Gasteiger partial charge on any atom is 0.121 e. The molecule has 1 aromatic rings. The van der Waals surface area contributed by atoms with Crippen LogP contribution in [0.15, 0.2) is 0 Å². The summed E-state index contributed by atoms with van der Waals surface area (Å²) >= 11 is 1.67. The van der Waals surface area contributed by atoms with Crippen molar-refractivity contribution in [3.8, 4) is 0 Å². The molecule has 0 aromatic carbocycles. The summed E-state index contributed by atoms with van der Waals surface area (Å²) in [6.07, 6.45) is 3.43. The zero-order valence-corrected chi connectivity index (χ0v) is 11.4. The largest absolute Gasteiger partial charge is 0.386 e. The van der Waals surface area contributed by atoms with Crippen LogP contribution in [0.4, 0.5) is 0 Å². The van der Waals surface area contributed by atoms with Gasteiger partial charge in [0.1, 0.15) is 10.2 Å². The van der Waals surface area contributed by atoms with Gasteiger partial charge in [0.05, 0.1) is 13.8 Å². The molecule has 0 amide bonds. The summed E-state index contributed by atoms with van der Waals surface area (Å²) in [7, 11) is -1.73. The number of hydrogen-bond donors (Lipinski definition) is 1. The summed E-state index contributed by atoms with van der Waals surface area (Å²) < 4.78 is 0. The molecule has 0 saturated carbocycles. The molecule has 2 nitrogen and oxygen atoms in total. The number of fused-ring (bicyclic) bond motifs is 1. The van der Waals surface area contributed by atoms with Gasteiger partial charge in [0, 0.05) is 4.88 Å². The Hall–Kier alpha value is -0.193. The molecule has 0 bridgehead atoms. The molecular weight excluding hydrogens is 222 g/mol. The molecule has 1 heterocycles. The van der Waals surface area contributed by atoms with Crippen LogP contribution in [0.2, 0.25) is 19.6 Å². The van der Waals surface area contributed by atoms with Crippen LogP contribution in [0.3, 0.4) is 0 Å². The zero-order valence-electron chi connectivity index (χ0n) is 9.63. The van der Waals surface area contributed by atoms with Crippen molar-refractivity contribution in [1.29, 1.82) is 0 Å². The van der Waals surface area contributed by atoms with Crippen LogP contribution >= 0.6 is 11.3 Å². The van der Waals surface area contributed by atoms with Crippen LogP contribution < -0.4 is 0 Å². The van der Waals surface area contributed by atoms with Crippen LogP contribution in [0.25, 0.3) is 0 Å². The highest BCUT2D eigenvalue weighted by molar-refractivity contribution is 7.12. The molecule has 83 valence electrons. The van der Waals surface area contributed by atoms with E-state index in [9.17, 15) is 5.11 Å². The molecule has 1 unspecified atom stereocenters. The second-order valence-corrected chi connectivity index (χ2v) is 11.8. The molecule has 1 atom stereocenters. The van der Waals surface area contributed by atoms with E-state index in [0.29, 0.717) is 0 Å². The van der Waals surface area contributed by atoms with Crippen molar-refractivity contribution >= 4 is 19.4 Å². The topological polar surface area (TPSA) is 33.1 Å². The standard InChI is InChI=1S/C11H18NOSSi/c1-11(13,15(2,3)4)10-12-8-6-5-7-9(8)14-10/h13H,1,5-7H2,2-4H3. The summed E-state index contributed by atoms with van der Waals surface area (Å²) in [6, 6.07) is 0. The number of aryl methyl sites for hydroxylation is 2. The molecule has 1 aliphatic carbocycles. The van der Waals surface area contributed by atoms with Crippen LogP contribution in [-0.2, 0) is 18.1 Å². The van der Waals surface area contributed by atoms with Crippen molar-refractivity contribution in [2.45, 2.75) is 44.1 Å². The molecular formula is C11H18NOSSi. The lowest BCUT2D eigenvalue weighted by atomic mass is 10.3. The van der Waals surface area contributed by atoms with E-state index in [2.05, 4.69) is 31.5 Å². The number of nitrogens with zero attached hydrogens (tertiary/aromatic N) is 1. The van der Waals surface area contributed by atoms with Crippen LogP contribution in [0.1, 0.15) is 22.0 Å². The smallest absolute Gasteiger partial charge is 0.121 e. The highest BCUT2D eigenvalue weighted by atomic mass is 32.1. The first-order valence-corrected chi connectivity index (χ1v) is 9.71. The zero-order chi connectivity index (χ0) is 11.3. The molecule has 1 aromatic heterocycles. The lowest BCUT2D eigenvalue weighted by Gasteiger charge is -2.33. The fourth-order valence-electron chi connectivity index (χ4n) is 1.69. The van der Waals surface area contributed by atoms with E-state index in [-0.39, 0.29) is 0 Å². The van der Waals surface area contributed by atoms with Gasteiger partial charge in [0.2, 0.25) is 0 Å². The molecule has 0 saturated heterocycles. The Bertz CT molecular complexity index is 357. The SMILES string of the molecule is [CH2]C(O)(c1nc2c(s1)CCC2)[Si](C)(C)C. The van der Waals surface area contributed by atoms with Crippen molar-refractivity contribution in [2.24, 2.45) is 0 Å². The Labute approximate surface area is 96.4 Å². The van der Waals surface area contributed by atoms with Crippen molar-refractivity contribution < 1.29 is 5.11 Å². The van der Waals surface area contributed by atoms with Gasteiger partial charge in [-0.2, -0.15) is 0 Å². The van der Waals surface area contributed by atoms with E-state index < -0.39 is 13.3 Å². The summed E-state index contributed by atoms with van der Waals surface area (Å²) in [5, 5.41) is 10.4. The minimum Gasteiger partial charge on any atom is -0.386 e. The molecule has 1 N–H and O–H groups in total. The fraction of sp³-hybridized carbons (Fsp3) is 0.636. The molecule has 2 rings (SSSR count). The Morgan fingerprint density at radius 3 is 2.60 bits per heavy atom. The first-order valence-electron chi connectivity index (χ1n) is 5.39. The van der Waals surface area contributed by atoms with Gasteiger partial charge in [0.25, 0.3) is 0 Å². The third-order valence-electron chi connectivity index (χ3n) is 3.19. The van der Waals surface area contributed by atoms with Gasteiger partial charge in [-0.15, -0.1) is 11.3 Å². The Balaban J connectivity index is 2.38. The van der Waals surface area contributed by atoms with E-state index in [1.165, 1.54) is 17.0 Å². The Kier molecular flexibility index (Phi) is 2.56. The van der Waals surface area contributed by atoms with Crippen molar-refractivity contribution in [2.75, 3.05) is 0 Å². The van der Waals surface area contributed by atoms with Gasteiger partial charge in [-0.25, -0.2) is 4.98 Å². The van der Waals surface area contributed by atoms with Gasteiger partial charge < -0.3 is 5.11 Å². The molecule has 0 aliphatic heterocycles. The average molecular weight is 240 g/mol. The van der Waals surface area contributed by atoms with E-state index >= 15 is 0 Å². The van der Waals surface area contributed by atoms with Crippen LogP contribution in [0, 0.1) is 6.92 Å². The molecule has 4 heteroatoms. The number of aromatic nitrogens is 1. The summed E-state index contributed by atoms with van der Waals surface area (Å²) in [4.78, 5) is 5.94. The van der Waals surface area contributed by atoms with Crippen LogP contribution in [-0.4, -0.2) is 18.2 Å². The summed E-state index contributed by atoms with van der Waals surface area (Å²) in [6.45, 7) is 10.4. The van der Waals surface area contributed by atoms with Crippen molar-refractivity contribution in [3.05, 3.63) is 22.5 Å². The number of thiazole rings is 1. The van der Waals surface area contributed by atoms with Gasteiger partial charge >= 0.3 is 0 Å². The van der Waals surface area contributed by atoms with E-state index in [1.54, 1.807) is 11.3 Å². The summed E-state index contributed by atoms with van der Waals surface area (Å²) in [5.41, 5.74) is 1.20. The normalized spacial score (nSPS) is 20.1. The Morgan fingerprint density at radius 1 is 1.40 bits per heavy atom. The van der Waals surface area contributed by atoms with E-state index in [1.807, 2.05) is 0 Å². The van der Waals surface area contributed by atoms with E-state index in [4.69, 9.17) is 0 Å². The monoisotopic (exact) mass is 240 g/mol. The maximum absolute atomic E-state index is 10.5. The number of rotatable bonds is 2. The lowest BCUT2D eigenvalue weighted by molar-refractivity contribution is 0.164. The number of aliphatic hydroxyl groups is 1. The van der Waals surface area contributed by atoms with Gasteiger partial charge in [-0.05, 0) is 26.2 Å². The quantitative estimate of drug-likeness (QED) is 0.806. The van der Waals surface area contributed by atoms with Gasteiger partial charge in [0.15, 0.2) is 0 Å².